The molecule has 0 saturated heterocycles. The normalized spacial score (nSPS) is 12.5. The van der Waals surface area contributed by atoms with E-state index in [-0.39, 0.29) is 10.8 Å². The lowest BCUT2D eigenvalue weighted by Crippen LogP contribution is -2.22. The molecule has 162 valence electrons. The Hall–Kier alpha value is -2.75. The Morgan fingerprint density at radius 3 is 2.81 bits per heavy atom. The second kappa shape index (κ2) is 8.65. The fourth-order valence-corrected chi connectivity index (χ4v) is 6.30. The zero-order valence-corrected chi connectivity index (χ0v) is 20.2. The summed E-state index contributed by atoms with van der Waals surface area (Å²) in [5.41, 5.74) is 2.98. The summed E-state index contributed by atoms with van der Waals surface area (Å²) in [7, 11) is 0. The van der Waals surface area contributed by atoms with Crippen LogP contribution < -0.4 is 5.56 Å². The van der Waals surface area contributed by atoms with Gasteiger partial charge in [-0.15, -0.1) is 32.9 Å². The highest BCUT2D eigenvalue weighted by molar-refractivity contribution is 7.99. The number of nitrogens with zero attached hydrogens (tertiary/aromatic N) is 4. The lowest BCUT2D eigenvalue weighted by atomic mass is 10.1. The van der Waals surface area contributed by atoms with Crippen LogP contribution in [0.1, 0.15) is 30.6 Å². The molecule has 0 fully saturated rings. The minimum atomic E-state index is -0.153. The predicted molar refractivity (Wildman–Crippen MR) is 132 cm³/mol. The van der Waals surface area contributed by atoms with Crippen molar-refractivity contribution < 1.29 is 4.42 Å². The van der Waals surface area contributed by atoms with Gasteiger partial charge in [0.2, 0.25) is 11.8 Å². The number of fused-ring (bicyclic) bond motifs is 1. The molecular formula is C23H20N4O2S3. The second-order valence-corrected chi connectivity index (χ2v) is 10.4. The molecule has 32 heavy (non-hydrogen) atoms. The third-order valence-corrected chi connectivity index (χ3v) is 7.95. The molecule has 0 saturated carbocycles. The maximum Gasteiger partial charge on any atom is 0.263 e. The van der Waals surface area contributed by atoms with E-state index in [0.29, 0.717) is 28.9 Å². The van der Waals surface area contributed by atoms with E-state index in [9.17, 15) is 4.79 Å². The predicted octanol–water partition coefficient (Wildman–Crippen LogP) is 6.42. The first kappa shape index (κ1) is 21.1. The first-order valence-electron chi connectivity index (χ1n) is 10.2. The van der Waals surface area contributed by atoms with Gasteiger partial charge in [-0.05, 0) is 44.4 Å². The lowest BCUT2D eigenvalue weighted by molar-refractivity contribution is 0.508. The van der Waals surface area contributed by atoms with Crippen molar-refractivity contribution in [3.8, 4) is 21.9 Å². The summed E-state index contributed by atoms with van der Waals surface area (Å²) in [5.74, 6) is 1.00. The number of aromatic nitrogens is 4. The molecule has 0 radical (unpaired) electrons. The van der Waals surface area contributed by atoms with Crippen LogP contribution in [-0.2, 0) is 6.54 Å². The van der Waals surface area contributed by atoms with E-state index in [1.54, 1.807) is 15.9 Å². The number of rotatable bonds is 6. The molecular weight excluding hydrogens is 460 g/mol. The van der Waals surface area contributed by atoms with Gasteiger partial charge in [0.15, 0.2) is 5.16 Å². The van der Waals surface area contributed by atoms with Crippen molar-refractivity contribution >= 4 is 44.7 Å². The van der Waals surface area contributed by atoms with Crippen LogP contribution in [0.2, 0.25) is 0 Å². The first-order chi connectivity index (χ1) is 15.5. The van der Waals surface area contributed by atoms with Crippen molar-refractivity contribution in [3.63, 3.8) is 0 Å². The van der Waals surface area contributed by atoms with Crippen LogP contribution in [0.25, 0.3) is 32.1 Å². The molecule has 1 aromatic carbocycles. The summed E-state index contributed by atoms with van der Waals surface area (Å²) in [5, 5.41) is 13.7. The maximum absolute atomic E-state index is 13.4. The average Bonchev–Trinajstić information content (AvgIpc) is 3.54. The minimum Gasteiger partial charge on any atom is -0.419 e. The monoisotopic (exact) mass is 480 g/mol. The zero-order valence-electron chi connectivity index (χ0n) is 17.7. The molecule has 0 N–H and O–H groups in total. The summed E-state index contributed by atoms with van der Waals surface area (Å²) in [6.45, 7) is 6.51. The number of thioether (sulfide) groups is 1. The van der Waals surface area contributed by atoms with Crippen LogP contribution in [0.4, 0.5) is 0 Å². The number of aryl methyl sites for hydroxylation is 1. The topological polar surface area (TPSA) is 73.8 Å². The number of thiophene rings is 2. The summed E-state index contributed by atoms with van der Waals surface area (Å²) in [6.07, 6.45) is 0. The van der Waals surface area contributed by atoms with E-state index in [4.69, 9.17) is 9.40 Å². The zero-order chi connectivity index (χ0) is 22.2. The Balaban J connectivity index is 1.48. The fourth-order valence-electron chi connectivity index (χ4n) is 3.49. The lowest BCUT2D eigenvalue weighted by Gasteiger charge is -2.12. The van der Waals surface area contributed by atoms with Gasteiger partial charge >= 0.3 is 0 Å². The van der Waals surface area contributed by atoms with Crippen molar-refractivity contribution in [2.24, 2.45) is 0 Å². The molecule has 0 aliphatic heterocycles. The van der Waals surface area contributed by atoms with E-state index >= 15 is 0 Å². The van der Waals surface area contributed by atoms with Gasteiger partial charge in [-0.1, -0.05) is 35.5 Å². The molecule has 6 nitrogen and oxygen atoms in total. The van der Waals surface area contributed by atoms with Crippen LogP contribution in [0.15, 0.2) is 61.5 Å². The fraction of sp³-hybridized carbons (Fsp3) is 0.217. The van der Waals surface area contributed by atoms with Gasteiger partial charge < -0.3 is 4.42 Å². The molecule has 5 aromatic rings. The molecule has 0 aliphatic carbocycles. The van der Waals surface area contributed by atoms with Gasteiger partial charge in [0.25, 0.3) is 5.56 Å². The average molecular weight is 481 g/mol. The standard InChI is InChI=1S/C23H20N4O2S3/c1-4-27-22(28)18-16(17-9-6-10-30-17)12-31-21(18)24-23(27)32-14(3)19-25-26-20(29-19)15-8-5-7-13(2)11-15/h5-12,14H,4H2,1-3H3. The molecule has 1 atom stereocenters. The Kier molecular flexibility index (Phi) is 5.71. The molecule has 5 rings (SSSR count). The Morgan fingerprint density at radius 1 is 1.19 bits per heavy atom. The number of hydrogen-bond donors (Lipinski definition) is 0. The first-order valence-corrected chi connectivity index (χ1v) is 12.8. The molecule has 0 spiro atoms. The minimum absolute atomic E-state index is 0.0113. The van der Waals surface area contributed by atoms with Gasteiger partial charge in [0.05, 0.1) is 10.6 Å². The van der Waals surface area contributed by atoms with Crippen molar-refractivity contribution in [2.75, 3.05) is 0 Å². The van der Waals surface area contributed by atoms with Crippen LogP contribution in [0.3, 0.4) is 0 Å². The molecule has 0 aliphatic rings. The Morgan fingerprint density at radius 2 is 2.06 bits per heavy atom. The summed E-state index contributed by atoms with van der Waals surface area (Å²) < 4.78 is 7.68. The Labute approximate surface area is 197 Å². The second-order valence-electron chi connectivity index (χ2n) is 7.33. The molecule has 1 unspecified atom stereocenters. The smallest absolute Gasteiger partial charge is 0.263 e. The van der Waals surface area contributed by atoms with Crippen molar-refractivity contribution in [1.29, 1.82) is 0 Å². The van der Waals surface area contributed by atoms with Crippen LogP contribution in [0, 0.1) is 6.92 Å². The summed E-state index contributed by atoms with van der Waals surface area (Å²) in [4.78, 5) is 20.0. The van der Waals surface area contributed by atoms with Crippen LogP contribution in [0.5, 0.6) is 0 Å². The number of benzene rings is 1. The Bertz CT molecular complexity index is 1450. The van der Waals surface area contributed by atoms with Crippen LogP contribution >= 0.6 is 34.4 Å². The van der Waals surface area contributed by atoms with Crippen molar-refractivity contribution in [1.82, 2.24) is 19.7 Å². The highest BCUT2D eigenvalue weighted by Gasteiger charge is 2.22. The third-order valence-electron chi connectivity index (χ3n) is 5.10. The molecule has 0 bridgehead atoms. The SMILES string of the molecule is CCn1c(SC(C)c2nnc(-c3cccc(C)c3)o2)nc2scc(-c3cccs3)c2c1=O. The van der Waals surface area contributed by atoms with Crippen molar-refractivity contribution in [2.45, 2.75) is 37.7 Å². The summed E-state index contributed by atoms with van der Waals surface area (Å²) >= 11 is 4.59. The molecule has 4 aromatic heterocycles. The molecule has 9 heteroatoms. The molecule has 0 amide bonds. The molecule has 4 heterocycles. The van der Waals surface area contributed by atoms with Crippen molar-refractivity contribution in [3.05, 3.63) is 69.0 Å². The van der Waals surface area contributed by atoms with Crippen LogP contribution in [-0.4, -0.2) is 19.7 Å². The summed E-state index contributed by atoms with van der Waals surface area (Å²) in [6, 6.07) is 12.0. The quantitative estimate of drug-likeness (QED) is 0.206. The number of hydrogen-bond acceptors (Lipinski definition) is 8. The van der Waals surface area contributed by atoms with Gasteiger partial charge in [-0.25, -0.2) is 4.98 Å². The van der Waals surface area contributed by atoms with Gasteiger partial charge in [0.1, 0.15) is 4.83 Å². The van der Waals surface area contributed by atoms with E-state index in [1.807, 2.05) is 67.9 Å². The van der Waals surface area contributed by atoms with Gasteiger partial charge in [-0.3, -0.25) is 9.36 Å². The largest absolute Gasteiger partial charge is 0.419 e. The van der Waals surface area contributed by atoms with E-state index in [2.05, 4.69) is 10.2 Å². The highest BCUT2D eigenvalue weighted by atomic mass is 32.2. The third kappa shape index (κ3) is 3.80. The van der Waals surface area contributed by atoms with E-state index in [0.717, 1.165) is 26.4 Å². The maximum atomic E-state index is 13.4. The highest BCUT2D eigenvalue weighted by Crippen LogP contribution is 2.38. The van der Waals surface area contributed by atoms with Gasteiger partial charge in [0, 0.05) is 27.9 Å². The van der Waals surface area contributed by atoms with Gasteiger partial charge in [-0.2, -0.15) is 0 Å². The van der Waals surface area contributed by atoms with E-state index < -0.39 is 0 Å². The van der Waals surface area contributed by atoms with E-state index in [1.165, 1.54) is 23.1 Å².